The molecule has 2 heterocycles. The molecule has 0 radical (unpaired) electrons. The van der Waals surface area contributed by atoms with Gasteiger partial charge in [-0.15, -0.1) is 0 Å². The van der Waals surface area contributed by atoms with Gasteiger partial charge in [-0.3, -0.25) is 19.5 Å². The summed E-state index contributed by atoms with van der Waals surface area (Å²) in [4.78, 5) is 60.0. The Kier molecular flexibility index (Phi) is 4.29. The molecule has 5 N–H and O–H groups in total. The zero-order chi connectivity index (χ0) is 17.3. The summed E-state index contributed by atoms with van der Waals surface area (Å²) >= 11 is 0. The van der Waals surface area contributed by atoms with Gasteiger partial charge in [-0.05, 0) is 0 Å². The molecule has 0 saturated carbocycles. The second-order valence-electron chi connectivity index (χ2n) is 4.72. The number of hydrogen-bond donors (Lipinski definition) is 5. The minimum Gasteiger partial charge on any atom is -0.465 e. The average molecular weight is 328 g/mol. The highest BCUT2D eigenvalue weighted by Gasteiger charge is 2.37. The highest BCUT2D eigenvalue weighted by atomic mass is 16.5. The van der Waals surface area contributed by atoms with E-state index in [1.165, 1.54) is 0 Å². The second kappa shape index (κ2) is 6.02. The highest BCUT2D eigenvalue weighted by molar-refractivity contribution is 6.03. The maximum Gasteiger partial charge on any atom is 0.415 e. The van der Waals surface area contributed by atoms with Crippen molar-refractivity contribution in [2.24, 2.45) is 0 Å². The molecule has 1 atom stereocenters. The van der Waals surface area contributed by atoms with Crippen LogP contribution in [0.25, 0.3) is 0 Å². The van der Waals surface area contributed by atoms with Crippen LogP contribution >= 0.6 is 0 Å². The van der Waals surface area contributed by atoms with Crippen molar-refractivity contribution < 1.29 is 29.7 Å². The molecule has 124 valence electrons. The Labute approximate surface area is 126 Å². The zero-order valence-electron chi connectivity index (χ0n) is 11.4. The number of aliphatic hydroxyl groups excluding tert-OH is 1. The summed E-state index contributed by atoms with van der Waals surface area (Å²) in [7, 11) is 0. The van der Waals surface area contributed by atoms with E-state index in [9.17, 15) is 24.0 Å². The summed E-state index contributed by atoms with van der Waals surface area (Å²) in [5, 5.41) is 28.7. The maximum atomic E-state index is 11.8. The SMILES string of the molecule is O=C1CC(Cn2c(=O)cc(C(O)O)[nH]c2=O)N(C(=O)O)C(=O)N1. The fourth-order valence-electron chi connectivity index (χ4n) is 2.15. The molecule has 0 spiro atoms. The lowest BCUT2D eigenvalue weighted by molar-refractivity contribution is -0.122. The molecular formula is C11H12N4O8. The number of aliphatic hydroxyl groups is 2. The van der Waals surface area contributed by atoms with Crippen molar-refractivity contribution in [1.29, 1.82) is 0 Å². The molecule has 1 aromatic rings. The van der Waals surface area contributed by atoms with Crippen molar-refractivity contribution in [1.82, 2.24) is 19.8 Å². The number of carbonyl (C=O) groups is 3. The first kappa shape index (κ1) is 16.4. The topological polar surface area (TPSA) is 182 Å². The van der Waals surface area contributed by atoms with E-state index in [1.54, 1.807) is 0 Å². The minimum atomic E-state index is -2.07. The van der Waals surface area contributed by atoms with Crippen LogP contribution in [0, 0.1) is 0 Å². The standard InChI is InChI=1S/C11H12N4O8/c16-6-1-4(15(11(22)23)10(21)13-6)3-14-7(17)2-5(8(18)19)12-9(14)20/h2,4,8,18-19H,1,3H2,(H,12,20)(H,22,23)(H,13,16,21). The first-order valence-corrected chi connectivity index (χ1v) is 6.27. The van der Waals surface area contributed by atoms with E-state index in [2.05, 4.69) is 0 Å². The molecule has 12 nitrogen and oxygen atoms in total. The number of aromatic nitrogens is 2. The van der Waals surface area contributed by atoms with Gasteiger partial charge in [0.1, 0.15) is 0 Å². The summed E-state index contributed by atoms with van der Waals surface area (Å²) in [5.74, 6) is -0.746. The molecular weight excluding hydrogens is 316 g/mol. The van der Waals surface area contributed by atoms with Crippen molar-refractivity contribution >= 4 is 18.0 Å². The molecule has 1 aliphatic rings. The van der Waals surface area contributed by atoms with Crippen molar-refractivity contribution in [3.05, 3.63) is 32.6 Å². The number of hydrogen-bond acceptors (Lipinski definition) is 7. The van der Waals surface area contributed by atoms with Gasteiger partial charge in [0.25, 0.3) is 5.56 Å². The predicted molar refractivity (Wildman–Crippen MR) is 70.3 cm³/mol. The van der Waals surface area contributed by atoms with Crippen LogP contribution in [0.4, 0.5) is 9.59 Å². The Balaban J connectivity index is 2.38. The van der Waals surface area contributed by atoms with Crippen LogP contribution in [-0.4, -0.2) is 53.8 Å². The van der Waals surface area contributed by atoms with E-state index in [-0.39, 0.29) is 0 Å². The van der Waals surface area contributed by atoms with Gasteiger partial charge in [0.05, 0.1) is 18.3 Å². The molecule has 1 saturated heterocycles. The third-order valence-electron chi connectivity index (χ3n) is 3.17. The van der Waals surface area contributed by atoms with Crippen LogP contribution in [0.15, 0.2) is 15.7 Å². The molecule has 23 heavy (non-hydrogen) atoms. The molecule has 1 unspecified atom stereocenters. The fourth-order valence-corrected chi connectivity index (χ4v) is 2.15. The van der Waals surface area contributed by atoms with Crippen molar-refractivity contribution in [2.45, 2.75) is 25.3 Å². The summed E-state index contributed by atoms with van der Waals surface area (Å²) in [5.41, 5.74) is -2.42. The van der Waals surface area contributed by atoms with E-state index in [4.69, 9.17) is 15.3 Å². The van der Waals surface area contributed by atoms with Crippen LogP contribution in [0.1, 0.15) is 18.4 Å². The Bertz CT molecular complexity index is 748. The third kappa shape index (κ3) is 3.27. The Morgan fingerprint density at radius 3 is 2.48 bits per heavy atom. The van der Waals surface area contributed by atoms with Crippen LogP contribution in [0.5, 0.6) is 0 Å². The van der Waals surface area contributed by atoms with Crippen LogP contribution in [-0.2, 0) is 11.3 Å². The maximum absolute atomic E-state index is 11.8. The summed E-state index contributed by atoms with van der Waals surface area (Å²) in [6, 6.07) is -1.69. The Morgan fingerprint density at radius 2 is 1.96 bits per heavy atom. The number of H-pyrrole nitrogens is 1. The van der Waals surface area contributed by atoms with Gasteiger partial charge in [0.15, 0.2) is 6.29 Å². The van der Waals surface area contributed by atoms with E-state index < -0.39 is 60.3 Å². The first-order valence-electron chi connectivity index (χ1n) is 6.27. The number of imide groups is 2. The van der Waals surface area contributed by atoms with Gasteiger partial charge in [-0.2, -0.15) is 0 Å². The Morgan fingerprint density at radius 1 is 1.30 bits per heavy atom. The average Bonchev–Trinajstić information content (AvgIpc) is 2.41. The van der Waals surface area contributed by atoms with Crippen LogP contribution in [0.2, 0.25) is 0 Å². The van der Waals surface area contributed by atoms with Crippen molar-refractivity contribution in [2.75, 3.05) is 0 Å². The van der Waals surface area contributed by atoms with Gasteiger partial charge >= 0.3 is 17.8 Å². The first-order chi connectivity index (χ1) is 10.7. The van der Waals surface area contributed by atoms with Crippen molar-refractivity contribution in [3.8, 4) is 0 Å². The number of amides is 4. The molecule has 0 aromatic carbocycles. The number of carboxylic acid groups (broad SMARTS) is 1. The number of carbonyl (C=O) groups excluding carboxylic acids is 2. The normalized spacial score (nSPS) is 18.2. The molecule has 12 heteroatoms. The van der Waals surface area contributed by atoms with E-state index in [1.807, 2.05) is 10.3 Å². The Hall–Kier alpha value is -2.99. The van der Waals surface area contributed by atoms with E-state index in [0.29, 0.717) is 9.47 Å². The molecule has 0 aliphatic carbocycles. The summed E-state index contributed by atoms with van der Waals surface area (Å²) in [6.45, 7) is -0.554. The smallest absolute Gasteiger partial charge is 0.415 e. The summed E-state index contributed by atoms with van der Waals surface area (Å²) in [6.07, 6.45) is -4.14. The summed E-state index contributed by atoms with van der Waals surface area (Å²) < 4.78 is 0.554. The third-order valence-corrected chi connectivity index (χ3v) is 3.17. The molecule has 4 amide bonds. The van der Waals surface area contributed by atoms with E-state index >= 15 is 0 Å². The highest BCUT2D eigenvalue weighted by Crippen LogP contribution is 2.12. The molecule has 1 fully saturated rings. The quantitative estimate of drug-likeness (QED) is 0.377. The molecule has 0 bridgehead atoms. The second-order valence-corrected chi connectivity index (χ2v) is 4.72. The molecule has 1 aromatic heterocycles. The lowest BCUT2D eigenvalue weighted by atomic mass is 10.1. The van der Waals surface area contributed by atoms with Gasteiger partial charge in [0.2, 0.25) is 5.91 Å². The zero-order valence-corrected chi connectivity index (χ0v) is 11.4. The number of urea groups is 1. The van der Waals surface area contributed by atoms with E-state index in [0.717, 1.165) is 6.07 Å². The fraction of sp³-hybridized carbons (Fsp3) is 0.364. The number of nitrogens with zero attached hydrogens (tertiary/aromatic N) is 2. The largest absolute Gasteiger partial charge is 0.465 e. The van der Waals surface area contributed by atoms with Gasteiger partial charge in [-0.25, -0.2) is 19.3 Å². The van der Waals surface area contributed by atoms with Gasteiger partial charge < -0.3 is 20.3 Å². The number of nitrogens with one attached hydrogen (secondary N) is 2. The van der Waals surface area contributed by atoms with Crippen LogP contribution < -0.4 is 16.6 Å². The van der Waals surface area contributed by atoms with Crippen LogP contribution in [0.3, 0.4) is 0 Å². The monoisotopic (exact) mass is 328 g/mol. The lowest BCUT2D eigenvalue weighted by Gasteiger charge is -2.31. The number of aromatic amines is 1. The van der Waals surface area contributed by atoms with Gasteiger partial charge in [-0.1, -0.05) is 0 Å². The molecule has 2 rings (SSSR count). The number of rotatable bonds is 3. The predicted octanol–water partition coefficient (Wildman–Crippen LogP) is -2.49. The molecule has 1 aliphatic heterocycles. The minimum absolute atomic E-state index is 0.308. The van der Waals surface area contributed by atoms with Gasteiger partial charge in [0, 0.05) is 12.5 Å². The van der Waals surface area contributed by atoms with Crippen molar-refractivity contribution in [3.63, 3.8) is 0 Å². The lowest BCUT2D eigenvalue weighted by Crippen LogP contribution is -2.59.